The first-order chi connectivity index (χ1) is 13.6. The number of phenolic OH excluding ortho intramolecular Hbond substituents is 1. The lowest BCUT2D eigenvalue weighted by Gasteiger charge is -1.95. The molecule has 142 valence electrons. The number of allylic oxidation sites excluding steroid dienone is 2. The second-order valence-corrected chi connectivity index (χ2v) is 5.35. The van der Waals surface area contributed by atoms with Crippen LogP contribution in [-0.4, -0.2) is 28.8 Å². The highest BCUT2D eigenvalue weighted by atomic mass is 16.5. The minimum atomic E-state index is -0.787. The fraction of sp³-hybridized carbons (Fsp3) is 0.217. The monoisotopic (exact) mass is 376 g/mol. The number of phenols is 1. The first kappa shape index (κ1) is 22.2. The lowest BCUT2D eigenvalue weighted by molar-refractivity contribution is -0.137. The number of hydrogen-bond acceptors (Lipinski definition) is 4. The van der Waals surface area contributed by atoms with Crippen LogP contribution in [-0.2, 0) is 14.3 Å². The lowest BCUT2D eigenvalue weighted by atomic mass is 10.2. The number of esters is 1. The third-order valence-corrected chi connectivity index (χ3v) is 3.10. The van der Waals surface area contributed by atoms with Crippen LogP contribution in [0.4, 0.5) is 0 Å². The van der Waals surface area contributed by atoms with Crippen molar-refractivity contribution >= 4 is 18.0 Å². The Morgan fingerprint density at radius 3 is 2.43 bits per heavy atom. The molecule has 0 fully saturated rings. The largest absolute Gasteiger partial charge is 0.508 e. The summed E-state index contributed by atoms with van der Waals surface area (Å²) in [6, 6.07) is 6.39. The quantitative estimate of drug-likeness (QED) is 0.239. The van der Waals surface area contributed by atoms with E-state index in [0.29, 0.717) is 19.3 Å². The summed E-state index contributed by atoms with van der Waals surface area (Å²) < 4.78 is 4.90. The molecule has 0 radical (unpaired) electrons. The maximum atomic E-state index is 11.5. The predicted molar refractivity (Wildman–Crippen MR) is 107 cm³/mol. The van der Waals surface area contributed by atoms with E-state index in [2.05, 4.69) is 35.5 Å². The fourth-order valence-electron chi connectivity index (χ4n) is 1.77. The molecule has 1 aromatic carbocycles. The minimum Gasteiger partial charge on any atom is -0.508 e. The molecule has 0 saturated heterocycles. The summed E-state index contributed by atoms with van der Waals surface area (Å²) in [6.07, 6.45) is 8.67. The van der Waals surface area contributed by atoms with Crippen LogP contribution in [0.1, 0.15) is 31.2 Å². The van der Waals surface area contributed by atoms with Crippen molar-refractivity contribution in [1.29, 1.82) is 0 Å². The average Bonchev–Trinajstić information content (AvgIpc) is 2.67. The zero-order valence-corrected chi connectivity index (χ0v) is 15.3. The smallest absolute Gasteiger partial charge is 0.331 e. The van der Waals surface area contributed by atoms with Crippen LogP contribution < -0.4 is 0 Å². The van der Waals surface area contributed by atoms with E-state index in [0.717, 1.165) is 5.56 Å². The maximum absolute atomic E-state index is 11.5. The number of benzene rings is 1. The normalized spacial score (nSPS) is 9.57. The molecule has 0 spiro atoms. The van der Waals surface area contributed by atoms with Crippen molar-refractivity contribution in [3.63, 3.8) is 0 Å². The van der Waals surface area contributed by atoms with Crippen LogP contribution >= 0.6 is 0 Å². The molecule has 0 amide bonds. The van der Waals surface area contributed by atoms with Gasteiger partial charge in [-0.2, -0.15) is 0 Å². The van der Waals surface area contributed by atoms with Crippen LogP contribution in [0.15, 0.2) is 42.5 Å². The zero-order chi connectivity index (χ0) is 20.5. The van der Waals surface area contributed by atoms with Crippen LogP contribution in [0.2, 0.25) is 0 Å². The Hall–Kier alpha value is -3.88. The predicted octanol–water partition coefficient (Wildman–Crippen LogP) is 3.16. The van der Waals surface area contributed by atoms with E-state index >= 15 is 0 Å². The summed E-state index contributed by atoms with van der Waals surface area (Å²) in [4.78, 5) is 21.8. The van der Waals surface area contributed by atoms with Gasteiger partial charge in [0.15, 0.2) is 6.61 Å². The third kappa shape index (κ3) is 12.5. The molecule has 0 bridgehead atoms. The molecule has 2 N–H and O–H groups in total. The summed E-state index contributed by atoms with van der Waals surface area (Å²) in [6.45, 7) is -0.0695. The molecule has 5 heteroatoms. The Morgan fingerprint density at radius 2 is 1.71 bits per heavy atom. The van der Waals surface area contributed by atoms with Gasteiger partial charge in [-0.15, -0.1) is 0 Å². The van der Waals surface area contributed by atoms with Gasteiger partial charge >= 0.3 is 11.9 Å². The molecule has 0 saturated carbocycles. The molecule has 0 aromatic heterocycles. The molecule has 0 heterocycles. The second-order valence-electron chi connectivity index (χ2n) is 5.35. The summed E-state index contributed by atoms with van der Waals surface area (Å²) in [7, 11) is 0. The highest BCUT2D eigenvalue weighted by Gasteiger charge is 1.95. The van der Waals surface area contributed by atoms with Gasteiger partial charge in [-0.25, -0.2) is 4.79 Å². The van der Waals surface area contributed by atoms with Gasteiger partial charge in [0.2, 0.25) is 0 Å². The van der Waals surface area contributed by atoms with Gasteiger partial charge in [-0.1, -0.05) is 30.2 Å². The molecule has 0 aliphatic rings. The lowest BCUT2D eigenvalue weighted by Crippen LogP contribution is -2.00. The molecule has 0 aliphatic heterocycles. The molecular formula is C23H20O5. The van der Waals surface area contributed by atoms with E-state index in [-0.39, 0.29) is 18.8 Å². The maximum Gasteiger partial charge on any atom is 0.331 e. The number of rotatable bonds is 8. The molecular weight excluding hydrogens is 356 g/mol. The van der Waals surface area contributed by atoms with Gasteiger partial charge in [-0.3, -0.25) is 4.79 Å². The number of unbranched alkanes of at least 4 members (excludes halogenated alkanes) is 1. The van der Waals surface area contributed by atoms with Gasteiger partial charge in [0.05, 0.1) is 0 Å². The number of carboxylic acids is 1. The van der Waals surface area contributed by atoms with Crippen molar-refractivity contribution in [1.82, 2.24) is 0 Å². The van der Waals surface area contributed by atoms with Gasteiger partial charge in [0.25, 0.3) is 0 Å². The summed E-state index contributed by atoms with van der Waals surface area (Å²) in [5.41, 5.74) is 0.764. The average molecular weight is 376 g/mol. The number of hydrogen-bond donors (Lipinski definition) is 2. The van der Waals surface area contributed by atoms with E-state index in [1.165, 1.54) is 18.2 Å². The third-order valence-electron chi connectivity index (χ3n) is 3.10. The van der Waals surface area contributed by atoms with Crippen LogP contribution in [0.3, 0.4) is 0 Å². The Morgan fingerprint density at radius 1 is 1.00 bits per heavy atom. The second kappa shape index (κ2) is 14.3. The number of ether oxygens (including phenoxy) is 1. The number of aromatic hydroxyl groups is 1. The van der Waals surface area contributed by atoms with Crippen LogP contribution in [0.5, 0.6) is 5.75 Å². The van der Waals surface area contributed by atoms with E-state index in [9.17, 15) is 9.59 Å². The number of aliphatic carboxylic acids is 1. The molecule has 5 nitrogen and oxygen atoms in total. The van der Waals surface area contributed by atoms with E-state index in [1.807, 2.05) is 12.2 Å². The topological polar surface area (TPSA) is 83.8 Å². The zero-order valence-electron chi connectivity index (χ0n) is 15.3. The Labute approximate surface area is 164 Å². The Balaban J connectivity index is 2.19. The molecule has 1 aromatic rings. The first-order valence-electron chi connectivity index (χ1n) is 8.54. The molecule has 0 atom stereocenters. The highest BCUT2D eigenvalue weighted by molar-refractivity contribution is 5.87. The first-order valence-corrected chi connectivity index (χ1v) is 8.54. The van der Waals surface area contributed by atoms with Crippen molar-refractivity contribution in [2.24, 2.45) is 0 Å². The molecule has 0 aliphatic carbocycles. The summed E-state index contributed by atoms with van der Waals surface area (Å²) >= 11 is 0. The van der Waals surface area contributed by atoms with Crippen LogP contribution in [0, 0.1) is 35.5 Å². The minimum absolute atomic E-state index is 0.0695. The molecule has 0 unspecified atom stereocenters. The van der Waals surface area contributed by atoms with E-state index in [4.69, 9.17) is 14.9 Å². The van der Waals surface area contributed by atoms with Crippen molar-refractivity contribution in [2.75, 3.05) is 6.61 Å². The van der Waals surface area contributed by atoms with Crippen molar-refractivity contribution in [2.45, 2.75) is 25.7 Å². The SMILES string of the molecule is O=C(O)CCC/C=C\CC#CC#CC#CCOC(=O)/C=C\c1ccc(O)cc1. The van der Waals surface area contributed by atoms with Gasteiger partial charge < -0.3 is 14.9 Å². The number of carbonyl (C=O) groups is 2. The standard InChI is InChI=1S/C23H20O5/c24-21-16-13-20(14-17-21)15-18-23(27)28-19-11-9-7-5-3-1-2-4-6-8-10-12-22(25)26/h4,6,13-18,24H,2,8,10,12,19H2,(H,25,26)/b6-4-,18-15-. The van der Waals surface area contributed by atoms with Gasteiger partial charge in [0, 0.05) is 18.9 Å². The van der Waals surface area contributed by atoms with Crippen molar-refractivity contribution in [3.05, 3.63) is 48.1 Å². The number of carboxylic acid groups (broad SMARTS) is 1. The van der Waals surface area contributed by atoms with Crippen molar-refractivity contribution in [3.8, 4) is 41.3 Å². The van der Waals surface area contributed by atoms with Gasteiger partial charge in [-0.05, 0) is 66.2 Å². The van der Waals surface area contributed by atoms with E-state index in [1.54, 1.807) is 18.2 Å². The number of carbonyl (C=O) groups excluding carboxylic acids is 1. The van der Waals surface area contributed by atoms with E-state index < -0.39 is 11.9 Å². The van der Waals surface area contributed by atoms with Gasteiger partial charge in [0.1, 0.15) is 5.75 Å². The van der Waals surface area contributed by atoms with Crippen LogP contribution in [0.25, 0.3) is 6.08 Å². The summed E-state index contributed by atoms with van der Waals surface area (Å²) in [5.74, 6) is 14.5. The highest BCUT2D eigenvalue weighted by Crippen LogP contribution is 2.10. The Bertz CT molecular complexity index is 888. The Kier molecular flexibility index (Phi) is 11.3. The van der Waals surface area contributed by atoms with Crippen molar-refractivity contribution < 1.29 is 24.5 Å². The molecule has 28 heavy (non-hydrogen) atoms. The fourth-order valence-corrected chi connectivity index (χ4v) is 1.77. The summed E-state index contributed by atoms with van der Waals surface area (Å²) in [5, 5.41) is 17.7. The molecule has 1 rings (SSSR count).